The van der Waals surface area contributed by atoms with Crippen LogP contribution < -0.4 is 0 Å². The summed E-state index contributed by atoms with van der Waals surface area (Å²) in [5.74, 6) is -0.0660. The third-order valence-electron chi connectivity index (χ3n) is 6.11. The number of ether oxygens (including phenoxy) is 1. The van der Waals surface area contributed by atoms with Crippen LogP contribution in [0.3, 0.4) is 0 Å². The number of piperazine rings is 1. The van der Waals surface area contributed by atoms with Gasteiger partial charge in [-0.1, -0.05) is 36.4 Å². The lowest BCUT2D eigenvalue weighted by Gasteiger charge is -2.40. The highest BCUT2D eigenvalue weighted by Gasteiger charge is 2.37. The summed E-state index contributed by atoms with van der Waals surface area (Å²) >= 11 is 0. The Kier molecular flexibility index (Phi) is 7.27. The first-order valence-electron chi connectivity index (χ1n) is 11.0. The molecule has 0 spiro atoms. The lowest BCUT2D eigenvalue weighted by Crippen LogP contribution is -2.54. The molecule has 1 amide bonds. The van der Waals surface area contributed by atoms with Gasteiger partial charge >= 0.3 is 6.18 Å². The maximum atomic E-state index is 13.4. The molecule has 2 saturated heterocycles. The van der Waals surface area contributed by atoms with Crippen LogP contribution >= 0.6 is 0 Å². The number of amides is 1. The van der Waals surface area contributed by atoms with Crippen molar-refractivity contribution < 1.29 is 31.1 Å². The zero-order valence-corrected chi connectivity index (χ0v) is 19.3. The summed E-state index contributed by atoms with van der Waals surface area (Å²) in [4.78, 5) is 16.7. The quantitative estimate of drug-likeness (QED) is 0.635. The normalized spacial score (nSPS) is 19.7. The highest BCUT2D eigenvalue weighted by molar-refractivity contribution is 7.89. The number of halogens is 3. The van der Waals surface area contributed by atoms with Gasteiger partial charge in [0.1, 0.15) is 6.04 Å². The molecule has 2 aromatic carbocycles. The molecular weight excluding hydrogens is 471 g/mol. The van der Waals surface area contributed by atoms with Crippen molar-refractivity contribution in [3.05, 3.63) is 65.7 Å². The second-order valence-corrected chi connectivity index (χ2v) is 10.2. The minimum absolute atomic E-state index is 0.0660. The molecule has 0 saturated carbocycles. The van der Waals surface area contributed by atoms with Crippen LogP contribution in [-0.4, -0.2) is 80.9 Å². The van der Waals surface area contributed by atoms with Crippen molar-refractivity contribution >= 4 is 15.9 Å². The van der Waals surface area contributed by atoms with Crippen LogP contribution in [-0.2, 0) is 25.7 Å². The zero-order chi connectivity index (χ0) is 24.3. The number of alkyl halides is 3. The predicted octanol–water partition coefficient (Wildman–Crippen LogP) is 2.61. The maximum Gasteiger partial charge on any atom is 0.416 e. The molecule has 2 heterocycles. The first kappa shape index (κ1) is 24.6. The topological polar surface area (TPSA) is 70.2 Å². The van der Waals surface area contributed by atoms with Crippen LogP contribution in [0.5, 0.6) is 0 Å². The monoisotopic (exact) mass is 497 g/mol. The summed E-state index contributed by atoms with van der Waals surface area (Å²) in [6.45, 7) is 2.60. The van der Waals surface area contributed by atoms with Crippen LogP contribution in [0.4, 0.5) is 13.2 Å². The molecule has 0 aromatic heterocycles. The number of hydrogen-bond donors (Lipinski definition) is 0. The van der Waals surface area contributed by atoms with Crippen LogP contribution in [0.2, 0.25) is 0 Å². The van der Waals surface area contributed by atoms with Gasteiger partial charge in [0.15, 0.2) is 0 Å². The zero-order valence-electron chi connectivity index (χ0n) is 18.4. The molecule has 0 aliphatic carbocycles. The molecule has 184 valence electrons. The van der Waals surface area contributed by atoms with E-state index in [4.69, 9.17) is 4.74 Å². The Bertz CT molecular complexity index is 1100. The van der Waals surface area contributed by atoms with Crippen molar-refractivity contribution in [1.29, 1.82) is 0 Å². The Morgan fingerprint density at radius 3 is 2.15 bits per heavy atom. The van der Waals surface area contributed by atoms with E-state index < -0.39 is 27.8 Å². The Morgan fingerprint density at radius 1 is 0.882 bits per heavy atom. The SMILES string of the molecule is O=C(C(c1ccccc1)N1CCN(S(=O)(=O)c2cccc(C(F)(F)F)c2)CC1)N1CCOCC1. The molecule has 1 unspecified atom stereocenters. The van der Waals surface area contributed by atoms with E-state index in [2.05, 4.69) is 0 Å². The van der Waals surface area contributed by atoms with E-state index in [0.29, 0.717) is 32.4 Å². The lowest BCUT2D eigenvalue weighted by atomic mass is 10.0. The van der Waals surface area contributed by atoms with Crippen LogP contribution in [0.15, 0.2) is 59.5 Å². The molecule has 2 aliphatic heterocycles. The first-order valence-corrected chi connectivity index (χ1v) is 12.4. The Morgan fingerprint density at radius 2 is 1.53 bits per heavy atom. The number of morpholine rings is 1. The first-order chi connectivity index (χ1) is 16.2. The lowest BCUT2D eigenvalue weighted by molar-refractivity contribution is -0.142. The number of carbonyl (C=O) groups excluding carboxylic acids is 1. The van der Waals surface area contributed by atoms with E-state index in [9.17, 15) is 26.4 Å². The minimum atomic E-state index is -4.63. The maximum absolute atomic E-state index is 13.4. The smallest absolute Gasteiger partial charge is 0.378 e. The van der Waals surface area contributed by atoms with E-state index in [-0.39, 0.29) is 37.0 Å². The summed E-state index contributed by atoms with van der Waals surface area (Å²) in [5.41, 5.74) is -0.194. The van der Waals surface area contributed by atoms with Crippen molar-refractivity contribution in [2.45, 2.75) is 17.1 Å². The van der Waals surface area contributed by atoms with E-state index >= 15 is 0 Å². The van der Waals surface area contributed by atoms with E-state index in [1.165, 1.54) is 10.4 Å². The minimum Gasteiger partial charge on any atom is -0.378 e. The molecule has 11 heteroatoms. The molecule has 34 heavy (non-hydrogen) atoms. The highest BCUT2D eigenvalue weighted by atomic mass is 32.2. The van der Waals surface area contributed by atoms with Gasteiger partial charge in [0.05, 0.1) is 23.7 Å². The van der Waals surface area contributed by atoms with Gasteiger partial charge in [0.2, 0.25) is 15.9 Å². The van der Waals surface area contributed by atoms with Crippen LogP contribution in [0.25, 0.3) is 0 Å². The predicted molar refractivity (Wildman–Crippen MR) is 118 cm³/mol. The second-order valence-electron chi connectivity index (χ2n) is 8.22. The van der Waals surface area contributed by atoms with E-state index in [1.807, 2.05) is 35.2 Å². The van der Waals surface area contributed by atoms with Crippen molar-refractivity contribution in [1.82, 2.24) is 14.1 Å². The van der Waals surface area contributed by atoms with Gasteiger partial charge in [-0.05, 0) is 23.8 Å². The van der Waals surface area contributed by atoms with E-state index in [1.54, 1.807) is 4.90 Å². The molecule has 0 radical (unpaired) electrons. The molecule has 0 N–H and O–H groups in total. The van der Waals surface area contributed by atoms with Crippen molar-refractivity contribution in [2.24, 2.45) is 0 Å². The Hall–Kier alpha value is -2.47. The molecule has 2 aliphatic rings. The fraction of sp³-hybridized carbons (Fsp3) is 0.435. The number of rotatable bonds is 5. The Labute approximate surface area is 196 Å². The third-order valence-corrected chi connectivity index (χ3v) is 8.00. The van der Waals surface area contributed by atoms with Gasteiger partial charge in [-0.25, -0.2) is 8.42 Å². The summed E-state index contributed by atoms with van der Waals surface area (Å²) in [5, 5.41) is 0. The number of nitrogens with zero attached hydrogens (tertiary/aromatic N) is 3. The van der Waals surface area contributed by atoms with Gasteiger partial charge in [0.25, 0.3) is 0 Å². The van der Waals surface area contributed by atoms with Crippen LogP contribution in [0, 0.1) is 0 Å². The fourth-order valence-corrected chi connectivity index (χ4v) is 5.75. The third kappa shape index (κ3) is 5.27. The number of sulfonamides is 1. The average molecular weight is 498 g/mol. The van der Waals surface area contributed by atoms with Gasteiger partial charge in [-0.2, -0.15) is 17.5 Å². The molecular formula is C23H26F3N3O4S. The molecule has 7 nitrogen and oxygen atoms in total. The fourth-order valence-electron chi connectivity index (χ4n) is 4.29. The summed E-state index contributed by atoms with van der Waals surface area (Å²) in [6.07, 6.45) is -4.63. The van der Waals surface area contributed by atoms with Gasteiger partial charge in [0, 0.05) is 39.3 Å². The van der Waals surface area contributed by atoms with Gasteiger partial charge in [-0.3, -0.25) is 9.69 Å². The Balaban J connectivity index is 1.52. The molecule has 4 rings (SSSR count). The van der Waals surface area contributed by atoms with Crippen LogP contribution in [0.1, 0.15) is 17.2 Å². The molecule has 1 atom stereocenters. The summed E-state index contributed by atoms with van der Waals surface area (Å²) < 4.78 is 71.8. The van der Waals surface area contributed by atoms with Gasteiger partial charge < -0.3 is 9.64 Å². The molecule has 2 aromatic rings. The number of benzene rings is 2. The van der Waals surface area contributed by atoms with Crippen molar-refractivity contribution in [3.63, 3.8) is 0 Å². The van der Waals surface area contributed by atoms with E-state index in [0.717, 1.165) is 17.7 Å². The highest BCUT2D eigenvalue weighted by Crippen LogP contribution is 2.32. The standard InChI is InChI=1S/C23H26F3N3O4S/c24-23(25,26)19-7-4-8-20(17-19)34(31,32)29-11-9-27(10-12-29)21(18-5-2-1-3-6-18)22(30)28-13-15-33-16-14-28/h1-8,17,21H,9-16H2. The van der Waals surface area contributed by atoms with Crippen molar-refractivity contribution in [2.75, 3.05) is 52.5 Å². The second kappa shape index (κ2) is 10.0. The molecule has 2 fully saturated rings. The number of hydrogen-bond acceptors (Lipinski definition) is 5. The molecule has 0 bridgehead atoms. The van der Waals surface area contributed by atoms with Gasteiger partial charge in [-0.15, -0.1) is 0 Å². The van der Waals surface area contributed by atoms with Crippen molar-refractivity contribution in [3.8, 4) is 0 Å². The largest absolute Gasteiger partial charge is 0.416 e. The average Bonchev–Trinajstić information content (AvgIpc) is 2.85. The number of carbonyl (C=O) groups is 1. The summed E-state index contributed by atoms with van der Waals surface area (Å²) in [7, 11) is -4.10. The summed E-state index contributed by atoms with van der Waals surface area (Å²) in [6, 6.07) is 12.5.